The van der Waals surface area contributed by atoms with Gasteiger partial charge in [0.05, 0.1) is 11.4 Å². The van der Waals surface area contributed by atoms with Crippen LogP contribution in [-0.4, -0.2) is 51.9 Å². The number of ether oxygens (including phenoxy) is 1. The van der Waals surface area contributed by atoms with Gasteiger partial charge in [0, 0.05) is 12.7 Å². The predicted molar refractivity (Wildman–Crippen MR) is 99.5 cm³/mol. The van der Waals surface area contributed by atoms with Crippen LogP contribution in [0.5, 0.6) is 0 Å². The molecule has 2 N–H and O–H groups in total. The Hall–Kier alpha value is -2.68. The number of anilines is 1. The molecule has 0 unspecified atom stereocenters. The molecule has 3 rings (SSSR count). The zero-order valence-electron chi connectivity index (χ0n) is 15.4. The SMILES string of the molecule is C[C@H](OC(=O)CCN1C(=O)NC2(CCCC2)C1=O)C(=O)Nc1ccc(Cl)cn1. The molecule has 28 heavy (non-hydrogen) atoms. The van der Waals surface area contributed by atoms with E-state index >= 15 is 0 Å². The predicted octanol–water partition coefficient (Wildman–Crippen LogP) is 1.86. The van der Waals surface area contributed by atoms with E-state index in [4.69, 9.17) is 16.3 Å². The Kier molecular flexibility index (Phi) is 5.83. The molecule has 1 spiro atoms. The molecule has 0 bridgehead atoms. The van der Waals surface area contributed by atoms with E-state index in [1.807, 2.05) is 0 Å². The fourth-order valence-corrected chi connectivity index (χ4v) is 3.50. The van der Waals surface area contributed by atoms with Crippen molar-refractivity contribution >= 4 is 41.2 Å². The first-order chi connectivity index (χ1) is 13.3. The van der Waals surface area contributed by atoms with Gasteiger partial charge in [-0.1, -0.05) is 24.4 Å². The van der Waals surface area contributed by atoms with E-state index in [9.17, 15) is 19.2 Å². The lowest BCUT2D eigenvalue weighted by atomic mass is 9.98. The van der Waals surface area contributed by atoms with Crippen LogP contribution in [0.15, 0.2) is 18.3 Å². The fourth-order valence-electron chi connectivity index (χ4n) is 3.39. The Morgan fingerprint density at radius 2 is 2.07 bits per heavy atom. The minimum absolute atomic E-state index is 0.0850. The third kappa shape index (κ3) is 4.24. The number of aromatic nitrogens is 1. The Labute approximate surface area is 166 Å². The number of nitrogens with one attached hydrogen (secondary N) is 2. The number of hydrogen-bond acceptors (Lipinski definition) is 6. The number of nitrogens with zero attached hydrogens (tertiary/aromatic N) is 2. The van der Waals surface area contributed by atoms with Crippen molar-refractivity contribution < 1.29 is 23.9 Å². The second kappa shape index (κ2) is 8.14. The van der Waals surface area contributed by atoms with Crippen LogP contribution >= 0.6 is 11.6 Å². The maximum absolute atomic E-state index is 12.5. The van der Waals surface area contributed by atoms with E-state index in [0.29, 0.717) is 17.9 Å². The van der Waals surface area contributed by atoms with Gasteiger partial charge < -0.3 is 15.4 Å². The van der Waals surface area contributed by atoms with Crippen LogP contribution in [0.25, 0.3) is 0 Å². The van der Waals surface area contributed by atoms with Crippen LogP contribution in [0, 0.1) is 0 Å². The lowest BCUT2D eigenvalue weighted by molar-refractivity contribution is -0.153. The van der Waals surface area contributed by atoms with Crippen molar-refractivity contribution in [2.75, 3.05) is 11.9 Å². The molecule has 1 aliphatic carbocycles. The van der Waals surface area contributed by atoms with Crippen LogP contribution in [0.4, 0.5) is 10.6 Å². The molecular formula is C18H21ClN4O5. The first kappa shape index (κ1) is 20.1. The number of esters is 1. The summed E-state index contributed by atoms with van der Waals surface area (Å²) in [5.41, 5.74) is -0.806. The van der Waals surface area contributed by atoms with Crippen molar-refractivity contribution in [2.24, 2.45) is 0 Å². The number of pyridine rings is 1. The number of urea groups is 1. The summed E-state index contributed by atoms with van der Waals surface area (Å²) in [6, 6.07) is 2.60. The summed E-state index contributed by atoms with van der Waals surface area (Å²) < 4.78 is 5.08. The van der Waals surface area contributed by atoms with E-state index in [0.717, 1.165) is 17.7 Å². The summed E-state index contributed by atoms with van der Waals surface area (Å²) in [7, 11) is 0. The molecular weight excluding hydrogens is 388 g/mol. The van der Waals surface area contributed by atoms with Gasteiger partial charge in [0.15, 0.2) is 6.10 Å². The monoisotopic (exact) mass is 408 g/mol. The maximum Gasteiger partial charge on any atom is 0.325 e. The number of carbonyl (C=O) groups is 4. The Balaban J connectivity index is 1.47. The van der Waals surface area contributed by atoms with Crippen molar-refractivity contribution in [2.45, 2.75) is 50.7 Å². The molecule has 1 aromatic heterocycles. The average molecular weight is 409 g/mol. The third-order valence-electron chi connectivity index (χ3n) is 4.90. The Morgan fingerprint density at radius 3 is 2.71 bits per heavy atom. The molecule has 0 aromatic carbocycles. The largest absolute Gasteiger partial charge is 0.452 e. The second-order valence-corrected chi connectivity index (χ2v) is 7.35. The molecule has 4 amide bonds. The van der Waals surface area contributed by atoms with Gasteiger partial charge in [-0.3, -0.25) is 19.3 Å². The molecule has 1 aliphatic heterocycles. The molecule has 1 aromatic rings. The normalized spacial score (nSPS) is 18.9. The summed E-state index contributed by atoms with van der Waals surface area (Å²) in [6.45, 7) is 1.34. The molecule has 2 heterocycles. The van der Waals surface area contributed by atoms with Crippen molar-refractivity contribution in [3.05, 3.63) is 23.4 Å². The number of hydrogen-bond donors (Lipinski definition) is 2. The van der Waals surface area contributed by atoms with Gasteiger partial charge in [-0.2, -0.15) is 0 Å². The van der Waals surface area contributed by atoms with Crippen molar-refractivity contribution in [1.82, 2.24) is 15.2 Å². The number of rotatable bonds is 6. The molecule has 1 saturated carbocycles. The first-order valence-electron chi connectivity index (χ1n) is 9.07. The Morgan fingerprint density at radius 1 is 1.36 bits per heavy atom. The van der Waals surface area contributed by atoms with E-state index in [2.05, 4.69) is 15.6 Å². The van der Waals surface area contributed by atoms with Gasteiger partial charge in [0.1, 0.15) is 11.4 Å². The number of imide groups is 1. The topological polar surface area (TPSA) is 118 Å². The van der Waals surface area contributed by atoms with Gasteiger partial charge in [0.2, 0.25) is 0 Å². The lowest BCUT2D eigenvalue weighted by Gasteiger charge is -2.20. The molecule has 150 valence electrons. The standard InChI is InChI=1S/C18H21ClN4O5/c1-11(15(25)21-13-5-4-12(19)10-20-13)28-14(24)6-9-23-16(26)18(22-17(23)27)7-2-3-8-18/h4-5,10-11H,2-3,6-9H2,1H3,(H,22,27)(H,20,21,25)/t11-/m0/s1. The Bertz CT molecular complexity index is 792. The highest BCUT2D eigenvalue weighted by atomic mass is 35.5. The van der Waals surface area contributed by atoms with Gasteiger partial charge in [-0.15, -0.1) is 0 Å². The van der Waals surface area contributed by atoms with Crippen LogP contribution < -0.4 is 10.6 Å². The van der Waals surface area contributed by atoms with Crippen LogP contribution in [0.2, 0.25) is 5.02 Å². The van der Waals surface area contributed by atoms with Gasteiger partial charge >= 0.3 is 12.0 Å². The van der Waals surface area contributed by atoms with Crippen LogP contribution in [-0.2, 0) is 19.1 Å². The molecule has 2 aliphatic rings. The van der Waals surface area contributed by atoms with E-state index in [1.54, 1.807) is 6.07 Å². The summed E-state index contributed by atoms with van der Waals surface area (Å²) in [6.07, 6.45) is 3.14. The zero-order chi connectivity index (χ0) is 20.3. The third-order valence-corrected chi connectivity index (χ3v) is 5.12. The number of amides is 4. The highest BCUT2D eigenvalue weighted by Gasteiger charge is 2.52. The smallest absolute Gasteiger partial charge is 0.325 e. The highest BCUT2D eigenvalue weighted by Crippen LogP contribution is 2.35. The van der Waals surface area contributed by atoms with Gasteiger partial charge in [0.25, 0.3) is 11.8 Å². The quantitative estimate of drug-likeness (QED) is 0.548. The summed E-state index contributed by atoms with van der Waals surface area (Å²) in [5.74, 6) is -1.25. The van der Waals surface area contributed by atoms with Gasteiger partial charge in [-0.05, 0) is 31.9 Å². The first-order valence-corrected chi connectivity index (χ1v) is 9.44. The van der Waals surface area contributed by atoms with Crippen molar-refractivity contribution in [1.29, 1.82) is 0 Å². The van der Waals surface area contributed by atoms with Crippen molar-refractivity contribution in [3.63, 3.8) is 0 Å². The molecule has 0 radical (unpaired) electrons. The number of halogens is 1. The molecule has 9 nitrogen and oxygen atoms in total. The van der Waals surface area contributed by atoms with Crippen molar-refractivity contribution in [3.8, 4) is 0 Å². The van der Waals surface area contributed by atoms with E-state index in [1.165, 1.54) is 19.2 Å². The highest BCUT2D eigenvalue weighted by molar-refractivity contribution is 6.30. The average Bonchev–Trinajstić information content (AvgIpc) is 3.21. The maximum atomic E-state index is 12.5. The minimum atomic E-state index is -1.06. The van der Waals surface area contributed by atoms with E-state index < -0.39 is 29.6 Å². The fraction of sp³-hybridized carbons (Fsp3) is 0.500. The van der Waals surface area contributed by atoms with E-state index in [-0.39, 0.29) is 24.7 Å². The summed E-state index contributed by atoms with van der Waals surface area (Å²) in [5, 5.41) is 5.68. The van der Waals surface area contributed by atoms with Gasteiger partial charge in [-0.25, -0.2) is 9.78 Å². The second-order valence-electron chi connectivity index (χ2n) is 6.91. The minimum Gasteiger partial charge on any atom is -0.452 e. The summed E-state index contributed by atoms with van der Waals surface area (Å²) in [4.78, 5) is 53.7. The molecule has 10 heteroatoms. The molecule has 1 saturated heterocycles. The zero-order valence-corrected chi connectivity index (χ0v) is 16.1. The lowest BCUT2D eigenvalue weighted by Crippen LogP contribution is -2.44. The van der Waals surface area contributed by atoms with Crippen LogP contribution in [0.1, 0.15) is 39.0 Å². The molecule has 1 atom stereocenters. The van der Waals surface area contributed by atoms with Crippen LogP contribution in [0.3, 0.4) is 0 Å². The number of carbonyl (C=O) groups excluding carboxylic acids is 4. The summed E-state index contributed by atoms with van der Waals surface area (Å²) >= 11 is 5.73. The molecule has 2 fully saturated rings.